The van der Waals surface area contributed by atoms with Crippen molar-refractivity contribution in [2.24, 2.45) is 0 Å². The molecule has 1 heterocycles. The maximum atomic E-state index is 12.4. The van der Waals surface area contributed by atoms with Crippen LogP contribution in [0.15, 0.2) is 66.7 Å². The summed E-state index contributed by atoms with van der Waals surface area (Å²) in [5.74, 6) is 0.579. The second-order valence-electron chi connectivity index (χ2n) is 6.72. The minimum absolute atomic E-state index is 0.211. The zero-order valence-electron chi connectivity index (χ0n) is 15.5. The molecule has 6 heteroatoms. The van der Waals surface area contributed by atoms with Crippen molar-refractivity contribution in [3.8, 4) is 11.4 Å². The van der Waals surface area contributed by atoms with Crippen LogP contribution in [0.5, 0.6) is 0 Å². The number of aromatic amines is 1. The smallest absolute Gasteiger partial charge is 0.255 e. The van der Waals surface area contributed by atoms with E-state index in [0.29, 0.717) is 16.3 Å². The van der Waals surface area contributed by atoms with Crippen LogP contribution in [0.25, 0.3) is 22.4 Å². The SMILES string of the molecule is CN(C)c1ccc(-c2nc3cc(NC(=O)c4cccc(Cl)c4)ccc3[nH]2)cc1. The third-order valence-electron chi connectivity index (χ3n) is 4.48. The fraction of sp³-hybridized carbons (Fsp3) is 0.0909. The number of nitrogens with one attached hydrogen (secondary N) is 2. The summed E-state index contributed by atoms with van der Waals surface area (Å²) in [6.45, 7) is 0. The van der Waals surface area contributed by atoms with E-state index in [1.54, 1.807) is 24.3 Å². The van der Waals surface area contributed by atoms with Gasteiger partial charge in [-0.05, 0) is 60.7 Å². The Labute approximate surface area is 168 Å². The van der Waals surface area contributed by atoms with Crippen molar-refractivity contribution in [3.05, 3.63) is 77.3 Å². The van der Waals surface area contributed by atoms with E-state index in [0.717, 1.165) is 28.1 Å². The van der Waals surface area contributed by atoms with Gasteiger partial charge in [0.15, 0.2) is 0 Å². The first-order valence-electron chi connectivity index (χ1n) is 8.84. The highest BCUT2D eigenvalue weighted by molar-refractivity contribution is 6.31. The quantitative estimate of drug-likeness (QED) is 0.503. The molecule has 1 aromatic heterocycles. The van der Waals surface area contributed by atoms with Crippen molar-refractivity contribution in [2.75, 3.05) is 24.3 Å². The van der Waals surface area contributed by atoms with Gasteiger partial charge in [0.2, 0.25) is 0 Å². The lowest BCUT2D eigenvalue weighted by molar-refractivity contribution is 0.102. The van der Waals surface area contributed by atoms with E-state index in [4.69, 9.17) is 11.6 Å². The second kappa shape index (κ2) is 7.37. The third-order valence-corrected chi connectivity index (χ3v) is 4.72. The van der Waals surface area contributed by atoms with E-state index in [2.05, 4.69) is 32.3 Å². The van der Waals surface area contributed by atoms with E-state index >= 15 is 0 Å². The number of anilines is 2. The average Bonchev–Trinajstić information content (AvgIpc) is 3.11. The van der Waals surface area contributed by atoms with Crippen molar-refractivity contribution < 1.29 is 4.79 Å². The summed E-state index contributed by atoms with van der Waals surface area (Å²) in [5, 5.41) is 3.42. The summed E-state index contributed by atoms with van der Waals surface area (Å²) < 4.78 is 0. The summed E-state index contributed by atoms with van der Waals surface area (Å²) in [5.41, 5.74) is 5.02. The number of rotatable bonds is 4. The van der Waals surface area contributed by atoms with Crippen LogP contribution in [0.1, 0.15) is 10.4 Å². The Kier molecular flexibility index (Phi) is 4.75. The highest BCUT2D eigenvalue weighted by Crippen LogP contribution is 2.25. The maximum absolute atomic E-state index is 12.4. The Morgan fingerprint density at radius 3 is 2.54 bits per heavy atom. The van der Waals surface area contributed by atoms with E-state index in [-0.39, 0.29) is 5.91 Å². The topological polar surface area (TPSA) is 61.0 Å². The lowest BCUT2D eigenvalue weighted by Crippen LogP contribution is -2.11. The number of carbonyl (C=O) groups is 1. The summed E-state index contributed by atoms with van der Waals surface area (Å²) in [7, 11) is 4.02. The standard InChI is InChI=1S/C22H19ClN4O/c1-27(2)18-9-6-14(7-10-18)21-25-19-11-8-17(13-20(19)26-21)24-22(28)15-4-3-5-16(23)12-15/h3-13H,1-2H3,(H,24,28)(H,25,26). The van der Waals surface area contributed by atoms with Gasteiger partial charge in [-0.15, -0.1) is 0 Å². The molecule has 0 spiro atoms. The zero-order chi connectivity index (χ0) is 19.7. The number of H-pyrrole nitrogens is 1. The molecule has 0 radical (unpaired) electrons. The Bertz CT molecular complexity index is 1150. The lowest BCUT2D eigenvalue weighted by Gasteiger charge is -2.11. The number of fused-ring (bicyclic) bond motifs is 1. The molecule has 0 aliphatic heterocycles. The number of nitrogens with zero attached hydrogens (tertiary/aromatic N) is 2. The van der Waals surface area contributed by atoms with Crippen LogP contribution in [0.3, 0.4) is 0 Å². The monoisotopic (exact) mass is 390 g/mol. The lowest BCUT2D eigenvalue weighted by atomic mass is 10.2. The van der Waals surface area contributed by atoms with Gasteiger partial charge < -0.3 is 15.2 Å². The Morgan fingerprint density at radius 1 is 1.04 bits per heavy atom. The Morgan fingerprint density at radius 2 is 1.82 bits per heavy atom. The number of imidazole rings is 1. The molecule has 5 nitrogen and oxygen atoms in total. The number of benzene rings is 3. The summed E-state index contributed by atoms with van der Waals surface area (Å²) in [6, 6.07) is 20.6. The summed E-state index contributed by atoms with van der Waals surface area (Å²) >= 11 is 5.96. The molecular weight excluding hydrogens is 372 g/mol. The van der Waals surface area contributed by atoms with Gasteiger partial charge in [0.05, 0.1) is 11.0 Å². The highest BCUT2D eigenvalue weighted by Gasteiger charge is 2.10. The van der Waals surface area contributed by atoms with Gasteiger partial charge in [-0.25, -0.2) is 4.98 Å². The molecular formula is C22H19ClN4O. The second-order valence-corrected chi connectivity index (χ2v) is 7.16. The van der Waals surface area contributed by atoms with Crippen molar-refractivity contribution in [2.45, 2.75) is 0 Å². The van der Waals surface area contributed by atoms with Crippen molar-refractivity contribution in [1.29, 1.82) is 0 Å². The Hall–Kier alpha value is -3.31. The van der Waals surface area contributed by atoms with Crippen LogP contribution < -0.4 is 10.2 Å². The Balaban J connectivity index is 1.58. The zero-order valence-corrected chi connectivity index (χ0v) is 16.3. The van der Waals surface area contributed by atoms with Gasteiger partial charge in [-0.3, -0.25) is 4.79 Å². The molecule has 0 saturated carbocycles. The third kappa shape index (κ3) is 3.70. The van der Waals surface area contributed by atoms with Gasteiger partial charge >= 0.3 is 0 Å². The predicted molar refractivity (Wildman–Crippen MR) is 115 cm³/mol. The van der Waals surface area contributed by atoms with Crippen molar-refractivity contribution >= 4 is 39.9 Å². The average molecular weight is 391 g/mol. The minimum Gasteiger partial charge on any atom is -0.378 e. The molecule has 0 aliphatic carbocycles. The normalized spacial score (nSPS) is 10.8. The van der Waals surface area contributed by atoms with Crippen LogP contribution >= 0.6 is 11.6 Å². The molecule has 3 aromatic carbocycles. The van der Waals surface area contributed by atoms with Crippen LogP contribution in [0, 0.1) is 0 Å². The fourth-order valence-corrected chi connectivity index (χ4v) is 3.16. The molecule has 0 fully saturated rings. The highest BCUT2D eigenvalue weighted by atomic mass is 35.5. The van der Waals surface area contributed by atoms with Gasteiger partial charge in [0, 0.05) is 41.6 Å². The largest absolute Gasteiger partial charge is 0.378 e. The first kappa shape index (κ1) is 18.1. The predicted octanol–water partition coefficient (Wildman–Crippen LogP) is 5.20. The molecule has 0 bridgehead atoms. The van der Waals surface area contributed by atoms with E-state index in [1.807, 2.05) is 44.4 Å². The molecule has 28 heavy (non-hydrogen) atoms. The van der Waals surface area contributed by atoms with E-state index in [1.165, 1.54) is 0 Å². The number of hydrogen-bond acceptors (Lipinski definition) is 3. The van der Waals surface area contributed by atoms with Crippen LogP contribution in [0.4, 0.5) is 11.4 Å². The van der Waals surface area contributed by atoms with Gasteiger partial charge in [-0.2, -0.15) is 0 Å². The van der Waals surface area contributed by atoms with Crippen LogP contribution in [0.2, 0.25) is 5.02 Å². The first-order valence-corrected chi connectivity index (χ1v) is 9.22. The molecule has 1 amide bonds. The molecule has 4 aromatic rings. The van der Waals surface area contributed by atoms with Crippen molar-refractivity contribution in [1.82, 2.24) is 9.97 Å². The van der Waals surface area contributed by atoms with Gasteiger partial charge in [0.1, 0.15) is 5.82 Å². The number of aromatic nitrogens is 2. The molecule has 2 N–H and O–H groups in total. The maximum Gasteiger partial charge on any atom is 0.255 e. The molecule has 140 valence electrons. The fourth-order valence-electron chi connectivity index (χ4n) is 2.97. The van der Waals surface area contributed by atoms with Crippen LogP contribution in [-0.2, 0) is 0 Å². The molecule has 4 rings (SSSR count). The summed E-state index contributed by atoms with van der Waals surface area (Å²) in [6.07, 6.45) is 0. The molecule has 0 atom stereocenters. The molecule has 0 saturated heterocycles. The van der Waals surface area contributed by atoms with Crippen LogP contribution in [-0.4, -0.2) is 30.0 Å². The van der Waals surface area contributed by atoms with Gasteiger partial charge in [0.25, 0.3) is 5.91 Å². The van der Waals surface area contributed by atoms with E-state index in [9.17, 15) is 4.79 Å². The number of halogens is 1. The number of hydrogen-bond donors (Lipinski definition) is 2. The molecule has 0 aliphatic rings. The minimum atomic E-state index is -0.211. The number of carbonyl (C=O) groups excluding carboxylic acids is 1. The van der Waals surface area contributed by atoms with Gasteiger partial charge in [-0.1, -0.05) is 17.7 Å². The molecule has 0 unspecified atom stereocenters. The van der Waals surface area contributed by atoms with Crippen molar-refractivity contribution in [3.63, 3.8) is 0 Å². The number of amides is 1. The van der Waals surface area contributed by atoms with E-state index < -0.39 is 0 Å². The first-order chi connectivity index (χ1) is 13.5. The summed E-state index contributed by atoms with van der Waals surface area (Å²) in [4.78, 5) is 22.5.